The second-order valence-corrected chi connectivity index (χ2v) is 7.91. The summed E-state index contributed by atoms with van der Waals surface area (Å²) in [4.78, 5) is 26.0. The normalized spacial score (nSPS) is 11.2. The van der Waals surface area contributed by atoms with Crippen molar-refractivity contribution in [3.05, 3.63) is 70.1 Å². The van der Waals surface area contributed by atoms with Crippen molar-refractivity contribution in [3.63, 3.8) is 0 Å². The number of aryl methyl sites for hydroxylation is 2. The molecule has 172 valence electrons. The van der Waals surface area contributed by atoms with Gasteiger partial charge in [0.05, 0.1) is 18.8 Å². The van der Waals surface area contributed by atoms with Crippen LogP contribution in [-0.2, 0) is 20.5 Å². The third-order valence-corrected chi connectivity index (χ3v) is 5.77. The molecule has 0 saturated heterocycles. The van der Waals surface area contributed by atoms with E-state index in [1.54, 1.807) is 13.2 Å². The van der Waals surface area contributed by atoms with Gasteiger partial charge in [0.15, 0.2) is 11.5 Å². The predicted molar refractivity (Wildman–Crippen MR) is 130 cm³/mol. The first kappa shape index (κ1) is 22.5. The fourth-order valence-corrected chi connectivity index (χ4v) is 4.24. The summed E-state index contributed by atoms with van der Waals surface area (Å²) >= 11 is 0. The lowest BCUT2D eigenvalue weighted by Crippen LogP contribution is -2.28. The molecule has 2 aromatic heterocycles. The predicted octanol–water partition coefficient (Wildman–Crippen LogP) is 3.80. The number of carbonyl (C=O) groups excluding carboxylic acids is 1. The Hall–Kier alpha value is -3.74. The number of pyridine rings is 1. The lowest BCUT2D eigenvalue weighted by molar-refractivity contribution is 0.0955. The first-order valence-corrected chi connectivity index (χ1v) is 11.2. The Morgan fingerprint density at radius 2 is 1.73 bits per heavy atom. The molecule has 0 aliphatic heterocycles. The number of ether oxygens (including phenoxy) is 2. The first-order valence-electron chi connectivity index (χ1n) is 11.2. The highest BCUT2D eigenvalue weighted by atomic mass is 16.5. The molecule has 0 aliphatic carbocycles. The maximum Gasteiger partial charge on any atom is 0.274 e. The third-order valence-electron chi connectivity index (χ3n) is 5.77. The molecular formula is C26H29N3O4. The van der Waals surface area contributed by atoms with Gasteiger partial charge in [-0.25, -0.2) is 0 Å². The van der Waals surface area contributed by atoms with Crippen LogP contribution in [-0.4, -0.2) is 34.8 Å². The Morgan fingerprint density at radius 1 is 1.00 bits per heavy atom. The van der Waals surface area contributed by atoms with Crippen molar-refractivity contribution in [2.45, 2.75) is 20.3 Å². The Morgan fingerprint density at radius 3 is 2.48 bits per heavy atom. The number of fused-ring (bicyclic) bond motifs is 3. The number of aromatic nitrogens is 2. The van der Waals surface area contributed by atoms with Crippen LogP contribution in [0.15, 0.2) is 53.5 Å². The summed E-state index contributed by atoms with van der Waals surface area (Å²) in [5.41, 5.74) is 2.85. The molecule has 7 nitrogen and oxygen atoms in total. The van der Waals surface area contributed by atoms with Crippen LogP contribution >= 0.6 is 0 Å². The number of rotatable bonds is 8. The standard InChI is InChI=1S/C26H29N3O4/c1-5-32-21-12-11-17(15-22(21)33-6-2)13-14-27-25(30)19-16-28(3)26(31)24-23(19)18-9-7-8-10-20(18)29(24)4/h7-12,15-16H,5-6,13-14H2,1-4H3,(H,27,30). The van der Waals surface area contributed by atoms with Crippen molar-refractivity contribution in [2.24, 2.45) is 14.1 Å². The van der Waals surface area contributed by atoms with Crippen LogP contribution in [0, 0.1) is 0 Å². The number of hydrogen-bond donors (Lipinski definition) is 1. The van der Waals surface area contributed by atoms with Crippen LogP contribution in [0.1, 0.15) is 29.8 Å². The molecule has 0 bridgehead atoms. The zero-order valence-corrected chi connectivity index (χ0v) is 19.5. The van der Waals surface area contributed by atoms with Gasteiger partial charge in [-0.1, -0.05) is 24.3 Å². The van der Waals surface area contributed by atoms with E-state index in [0.29, 0.717) is 48.4 Å². The van der Waals surface area contributed by atoms with Gasteiger partial charge in [-0.3, -0.25) is 9.59 Å². The first-order chi connectivity index (χ1) is 16.0. The molecule has 0 saturated carbocycles. The van der Waals surface area contributed by atoms with E-state index in [1.807, 2.05) is 67.9 Å². The summed E-state index contributed by atoms with van der Waals surface area (Å²) < 4.78 is 14.6. The van der Waals surface area contributed by atoms with E-state index in [-0.39, 0.29) is 11.5 Å². The number of amides is 1. The summed E-state index contributed by atoms with van der Waals surface area (Å²) in [6.07, 6.45) is 2.26. The zero-order valence-electron chi connectivity index (χ0n) is 19.5. The molecule has 1 amide bonds. The van der Waals surface area contributed by atoms with Crippen LogP contribution in [0.3, 0.4) is 0 Å². The van der Waals surface area contributed by atoms with E-state index >= 15 is 0 Å². The number of hydrogen-bond acceptors (Lipinski definition) is 4. The molecule has 2 heterocycles. The summed E-state index contributed by atoms with van der Waals surface area (Å²) in [7, 11) is 3.53. The second kappa shape index (κ2) is 9.40. The highest BCUT2D eigenvalue weighted by Crippen LogP contribution is 2.30. The molecule has 0 atom stereocenters. The molecular weight excluding hydrogens is 418 g/mol. The summed E-state index contributed by atoms with van der Waals surface area (Å²) in [5, 5.41) is 4.60. The number of carbonyl (C=O) groups is 1. The molecule has 0 unspecified atom stereocenters. The topological polar surface area (TPSA) is 74.5 Å². The third kappa shape index (κ3) is 4.18. The fraction of sp³-hybridized carbons (Fsp3) is 0.308. The summed E-state index contributed by atoms with van der Waals surface area (Å²) in [6, 6.07) is 13.6. The lowest BCUT2D eigenvalue weighted by atomic mass is 10.1. The maximum absolute atomic E-state index is 13.2. The lowest BCUT2D eigenvalue weighted by Gasteiger charge is -2.13. The van der Waals surface area contributed by atoms with Crippen LogP contribution in [0.4, 0.5) is 0 Å². The van der Waals surface area contributed by atoms with E-state index in [9.17, 15) is 9.59 Å². The Bertz CT molecular complexity index is 1380. The Labute approximate surface area is 192 Å². The number of nitrogens with zero attached hydrogens (tertiary/aromatic N) is 2. The van der Waals surface area contributed by atoms with E-state index in [0.717, 1.165) is 22.2 Å². The molecule has 33 heavy (non-hydrogen) atoms. The summed E-state index contributed by atoms with van der Waals surface area (Å²) in [6.45, 7) is 5.44. The monoisotopic (exact) mass is 447 g/mol. The van der Waals surface area contributed by atoms with Gasteiger partial charge in [-0.15, -0.1) is 0 Å². The van der Waals surface area contributed by atoms with Gasteiger partial charge in [-0.2, -0.15) is 0 Å². The average molecular weight is 448 g/mol. The molecule has 0 radical (unpaired) electrons. The van der Waals surface area contributed by atoms with E-state index < -0.39 is 0 Å². The zero-order chi connectivity index (χ0) is 23.5. The second-order valence-electron chi connectivity index (χ2n) is 7.91. The van der Waals surface area contributed by atoms with Gasteiger partial charge in [0.1, 0.15) is 5.52 Å². The van der Waals surface area contributed by atoms with Crippen molar-refractivity contribution in [1.82, 2.24) is 14.5 Å². The van der Waals surface area contributed by atoms with E-state index in [4.69, 9.17) is 9.47 Å². The van der Waals surface area contributed by atoms with Gasteiger partial charge >= 0.3 is 0 Å². The van der Waals surface area contributed by atoms with Crippen molar-refractivity contribution in [1.29, 1.82) is 0 Å². The number of nitrogens with one attached hydrogen (secondary N) is 1. The molecule has 0 fully saturated rings. The molecule has 0 aliphatic rings. The van der Waals surface area contributed by atoms with Crippen LogP contribution < -0.4 is 20.3 Å². The fourth-order valence-electron chi connectivity index (χ4n) is 4.24. The minimum Gasteiger partial charge on any atom is -0.490 e. The highest BCUT2D eigenvalue weighted by Gasteiger charge is 2.20. The van der Waals surface area contributed by atoms with Gasteiger partial charge in [-0.05, 0) is 44.0 Å². The van der Waals surface area contributed by atoms with Gasteiger partial charge in [0.25, 0.3) is 11.5 Å². The van der Waals surface area contributed by atoms with Crippen molar-refractivity contribution >= 4 is 27.7 Å². The molecule has 4 aromatic rings. The van der Waals surface area contributed by atoms with Crippen molar-refractivity contribution in [3.8, 4) is 11.5 Å². The highest BCUT2D eigenvalue weighted by molar-refractivity contribution is 6.17. The molecule has 4 rings (SSSR count). The van der Waals surface area contributed by atoms with Gasteiger partial charge in [0.2, 0.25) is 0 Å². The minimum absolute atomic E-state index is 0.127. The summed E-state index contributed by atoms with van der Waals surface area (Å²) in [5.74, 6) is 1.22. The van der Waals surface area contributed by atoms with Crippen LogP contribution in [0.2, 0.25) is 0 Å². The largest absolute Gasteiger partial charge is 0.490 e. The van der Waals surface area contributed by atoms with Gasteiger partial charge in [0, 0.05) is 43.1 Å². The van der Waals surface area contributed by atoms with Crippen LogP contribution in [0.25, 0.3) is 21.8 Å². The van der Waals surface area contributed by atoms with E-state index in [2.05, 4.69) is 5.32 Å². The molecule has 7 heteroatoms. The molecule has 0 spiro atoms. The Kier molecular flexibility index (Phi) is 6.40. The molecule has 2 aromatic carbocycles. The maximum atomic E-state index is 13.2. The van der Waals surface area contributed by atoms with Crippen molar-refractivity contribution in [2.75, 3.05) is 19.8 Å². The molecule has 1 N–H and O–H groups in total. The average Bonchev–Trinajstić information content (AvgIpc) is 3.11. The van der Waals surface area contributed by atoms with Crippen molar-refractivity contribution < 1.29 is 14.3 Å². The smallest absolute Gasteiger partial charge is 0.274 e. The quantitative estimate of drug-likeness (QED) is 0.446. The van der Waals surface area contributed by atoms with Crippen LogP contribution in [0.5, 0.6) is 11.5 Å². The number of benzene rings is 2. The van der Waals surface area contributed by atoms with E-state index in [1.165, 1.54) is 4.57 Å². The number of para-hydroxylation sites is 1. The van der Waals surface area contributed by atoms with Gasteiger partial charge < -0.3 is 23.9 Å². The minimum atomic E-state index is -0.206. The Balaban J connectivity index is 1.59. The SMILES string of the molecule is CCOc1ccc(CCNC(=O)c2cn(C)c(=O)c3c2c2ccccc2n3C)cc1OCC.